The van der Waals surface area contributed by atoms with Gasteiger partial charge >= 0.3 is 0 Å². The van der Waals surface area contributed by atoms with Gasteiger partial charge in [-0.25, -0.2) is 0 Å². The van der Waals surface area contributed by atoms with Gasteiger partial charge in [0.05, 0.1) is 13.1 Å². The van der Waals surface area contributed by atoms with E-state index >= 15 is 0 Å². The van der Waals surface area contributed by atoms with Crippen LogP contribution in [0.1, 0.15) is 51.4 Å². The number of carbonyl (C=O) groups is 1. The van der Waals surface area contributed by atoms with Crippen molar-refractivity contribution in [1.29, 1.82) is 0 Å². The van der Waals surface area contributed by atoms with Crippen molar-refractivity contribution in [3.8, 4) is 0 Å². The van der Waals surface area contributed by atoms with Gasteiger partial charge in [-0.15, -0.1) is 12.4 Å². The highest BCUT2D eigenvalue weighted by Gasteiger charge is 2.25. The van der Waals surface area contributed by atoms with Gasteiger partial charge in [-0.2, -0.15) is 0 Å². The zero-order chi connectivity index (χ0) is 20.4. The summed E-state index contributed by atoms with van der Waals surface area (Å²) in [5.41, 5.74) is 4.46. The van der Waals surface area contributed by atoms with Crippen LogP contribution in [0.15, 0.2) is 65.1 Å². The van der Waals surface area contributed by atoms with Crippen LogP contribution in [-0.2, 0) is 19.5 Å². The molecule has 2 heterocycles. The largest absolute Gasteiger partial charge is 0.463 e. The fourth-order valence-electron chi connectivity index (χ4n) is 3.98. The number of hydrogen-bond acceptors (Lipinski definition) is 3. The molecule has 1 aromatic heterocycles. The molecular formula is C25H29ClN2O2. The number of hydrogen-bond donors (Lipinski definition) is 0. The molecule has 158 valence electrons. The van der Waals surface area contributed by atoms with Crippen LogP contribution >= 0.6 is 12.4 Å². The number of fused-ring (bicyclic) bond motifs is 1. The smallest absolute Gasteiger partial charge is 0.254 e. The van der Waals surface area contributed by atoms with Gasteiger partial charge in [-0.1, -0.05) is 49.4 Å². The Morgan fingerprint density at radius 3 is 2.40 bits per heavy atom. The van der Waals surface area contributed by atoms with E-state index in [1.807, 2.05) is 37.2 Å². The van der Waals surface area contributed by atoms with Gasteiger partial charge in [-0.05, 0) is 55.4 Å². The van der Waals surface area contributed by atoms with Crippen molar-refractivity contribution in [3.63, 3.8) is 0 Å². The summed E-state index contributed by atoms with van der Waals surface area (Å²) in [6, 6.07) is 20.6. The summed E-state index contributed by atoms with van der Waals surface area (Å²) in [4.78, 5) is 17.0. The van der Waals surface area contributed by atoms with Gasteiger partial charge in [0.15, 0.2) is 0 Å². The van der Waals surface area contributed by atoms with Crippen LogP contribution in [-0.4, -0.2) is 36.3 Å². The van der Waals surface area contributed by atoms with Gasteiger partial charge < -0.3 is 14.2 Å². The van der Waals surface area contributed by atoms with Gasteiger partial charge in [0, 0.05) is 18.0 Å². The van der Waals surface area contributed by atoms with Crippen LogP contribution in [0.2, 0.25) is 0 Å². The van der Waals surface area contributed by atoms with Crippen LogP contribution in [0, 0.1) is 0 Å². The molecule has 1 unspecified atom stereocenters. The lowest BCUT2D eigenvalue weighted by Crippen LogP contribution is -2.35. The molecule has 0 N–H and O–H groups in total. The second-order valence-electron chi connectivity index (χ2n) is 8.13. The minimum atomic E-state index is 0. The average Bonchev–Trinajstić information content (AvgIpc) is 3.14. The summed E-state index contributed by atoms with van der Waals surface area (Å²) in [7, 11) is 4.05. The van der Waals surface area contributed by atoms with Crippen LogP contribution < -0.4 is 0 Å². The SMILES string of the molecule is CC(c1ccccc1)c1ccc(C(=O)N2CCc3cc(CN(C)C)oc3C2)cc1.Cl. The fourth-order valence-corrected chi connectivity index (χ4v) is 3.98. The molecule has 1 amide bonds. The highest BCUT2D eigenvalue weighted by Crippen LogP contribution is 2.27. The maximum absolute atomic E-state index is 13.0. The van der Waals surface area contributed by atoms with E-state index in [9.17, 15) is 4.79 Å². The van der Waals surface area contributed by atoms with Gasteiger partial charge in [-0.3, -0.25) is 4.79 Å². The highest BCUT2D eigenvalue weighted by atomic mass is 35.5. The zero-order valence-corrected chi connectivity index (χ0v) is 18.6. The molecule has 3 aromatic rings. The molecule has 1 aliphatic heterocycles. The Morgan fingerprint density at radius 2 is 1.73 bits per heavy atom. The Balaban J connectivity index is 0.00000256. The first-order chi connectivity index (χ1) is 14.0. The minimum absolute atomic E-state index is 0. The molecule has 0 saturated carbocycles. The molecule has 0 radical (unpaired) electrons. The zero-order valence-electron chi connectivity index (χ0n) is 17.8. The Bertz CT molecular complexity index is 980. The first-order valence-corrected chi connectivity index (χ1v) is 10.2. The third kappa shape index (κ3) is 4.77. The first-order valence-electron chi connectivity index (χ1n) is 10.2. The molecule has 1 atom stereocenters. The first kappa shape index (κ1) is 22.1. The van der Waals surface area contributed by atoms with Gasteiger partial charge in [0.25, 0.3) is 5.91 Å². The van der Waals surface area contributed by atoms with Crippen LogP contribution in [0.25, 0.3) is 0 Å². The molecule has 0 bridgehead atoms. The van der Waals surface area contributed by atoms with Crippen molar-refractivity contribution in [2.75, 3.05) is 20.6 Å². The number of rotatable bonds is 5. The van der Waals surface area contributed by atoms with Crippen molar-refractivity contribution in [2.45, 2.75) is 32.4 Å². The van der Waals surface area contributed by atoms with E-state index in [-0.39, 0.29) is 18.3 Å². The summed E-state index contributed by atoms with van der Waals surface area (Å²) in [5.74, 6) is 2.26. The Labute approximate surface area is 184 Å². The predicted molar refractivity (Wildman–Crippen MR) is 122 cm³/mol. The summed E-state index contributed by atoms with van der Waals surface area (Å²) in [6.07, 6.45) is 0.848. The standard InChI is InChI=1S/C25H28N2O2.ClH/c1-18(19-7-5-4-6-8-19)20-9-11-21(12-10-20)25(28)27-14-13-22-15-23(16-26(2)3)29-24(22)17-27;/h4-12,15,18H,13-14,16-17H2,1-3H3;1H. The van der Waals surface area contributed by atoms with Crippen molar-refractivity contribution in [2.24, 2.45) is 0 Å². The normalized spacial score (nSPS) is 14.2. The van der Waals surface area contributed by atoms with Crippen LogP contribution in [0.4, 0.5) is 0 Å². The third-order valence-electron chi connectivity index (χ3n) is 5.65. The topological polar surface area (TPSA) is 36.7 Å². The molecule has 0 fully saturated rings. The third-order valence-corrected chi connectivity index (χ3v) is 5.65. The van der Waals surface area contributed by atoms with Gasteiger partial charge in [0.1, 0.15) is 11.5 Å². The molecule has 0 aliphatic carbocycles. The van der Waals surface area contributed by atoms with Crippen molar-refractivity contribution >= 4 is 18.3 Å². The maximum atomic E-state index is 13.0. The number of benzene rings is 2. The van der Waals surface area contributed by atoms with E-state index in [2.05, 4.69) is 54.3 Å². The molecule has 2 aromatic carbocycles. The minimum Gasteiger partial charge on any atom is -0.463 e. The van der Waals surface area contributed by atoms with Gasteiger partial charge in [0.2, 0.25) is 0 Å². The van der Waals surface area contributed by atoms with E-state index in [1.165, 1.54) is 16.7 Å². The molecule has 4 nitrogen and oxygen atoms in total. The summed E-state index contributed by atoms with van der Waals surface area (Å²) in [5, 5.41) is 0. The number of amides is 1. The molecule has 0 saturated heterocycles. The van der Waals surface area contributed by atoms with Crippen molar-refractivity contribution in [1.82, 2.24) is 9.80 Å². The molecule has 0 spiro atoms. The molecule has 5 heteroatoms. The molecular weight excluding hydrogens is 396 g/mol. The number of furan rings is 1. The van der Waals surface area contributed by atoms with E-state index in [0.717, 1.165) is 36.6 Å². The van der Waals surface area contributed by atoms with Crippen molar-refractivity contribution in [3.05, 3.63) is 94.4 Å². The summed E-state index contributed by atoms with van der Waals surface area (Å²) < 4.78 is 6.00. The quantitative estimate of drug-likeness (QED) is 0.570. The van der Waals surface area contributed by atoms with Crippen molar-refractivity contribution < 1.29 is 9.21 Å². The van der Waals surface area contributed by atoms with E-state index in [1.54, 1.807) is 0 Å². The Kier molecular flexibility index (Phi) is 7.01. The number of carbonyl (C=O) groups excluding carboxylic acids is 1. The predicted octanol–water partition coefficient (Wildman–Crippen LogP) is 5.11. The Morgan fingerprint density at radius 1 is 1.07 bits per heavy atom. The second kappa shape index (κ2) is 9.50. The number of halogens is 1. The summed E-state index contributed by atoms with van der Waals surface area (Å²) >= 11 is 0. The Hall–Kier alpha value is -2.56. The lowest BCUT2D eigenvalue weighted by Gasteiger charge is -2.26. The monoisotopic (exact) mass is 424 g/mol. The maximum Gasteiger partial charge on any atom is 0.254 e. The highest BCUT2D eigenvalue weighted by molar-refractivity contribution is 5.94. The fraction of sp³-hybridized carbons (Fsp3) is 0.320. The molecule has 4 rings (SSSR count). The van der Waals surface area contributed by atoms with E-state index < -0.39 is 0 Å². The number of nitrogens with zero attached hydrogens (tertiary/aromatic N) is 2. The lowest BCUT2D eigenvalue weighted by molar-refractivity contribution is 0.0718. The lowest BCUT2D eigenvalue weighted by atomic mass is 9.92. The average molecular weight is 425 g/mol. The molecule has 30 heavy (non-hydrogen) atoms. The summed E-state index contributed by atoms with van der Waals surface area (Å²) in [6.45, 7) is 4.25. The molecule has 1 aliphatic rings. The van der Waals surface area contributed by atoms with Crippen LogP contribution in [0.3, 0.4) is 0 Å². The van der Waals surface area contributed by atoms with E-state index in [0.29, 0.717) is 12.5 Å². The van der Waals surface area contributed by atoms with Crippen LogP contribution in [0.5, 0.6) is 0 Å². The van der Waals surface area contributed by atoms with E-state index in [4.69, 9.17) is 4.42 Å². The second-order valence-corrected chi connectivity index (χ2v) is 8.13.